The molecule has 0 radical (unpaired) electrons. The van der Waals surface area contributed by atoms with Gasteiger partial charge in [-0.1, -0.05) is 30.3 Å². The van der Waals surface area contributed by atoms with E-state index in [0.29, 0.717) is 13.1 Å². The fourth-order valence-electron chi connectivity index (χ4n) is 4.61. The summed E-state index contributed by atoms with van der Waals surface area (Å²) in [7, 11) is 0. The Hall–Kier alpha value is -4.15. The number of phenolic OH excluding ortho intramolecular Hbond substituents is 1. The van der Waals surface area contributed by atoms with Gasteiger partial charge < -0.3 is 20.2 Å². The summed E-state index contributed by atoms with van der Waals surface area (Å²) in [6.07, 6.45) is -10.2. The zero-order chi connectivity index (χ0) is 35.4. The van der Waals surface area contributed by atoms with Crippen molar-refractivity contribution in [2.24, 2.45) is 0 Å². The number of amides is 1. The van der Waals surface area contributed by atoms with E-state index in [1.54, 1.807) is 6.07 Å². The molecule has 1 aliphatic rings. The van der Waals surface area contributed by atoms with Crippen LogP contribution in [0.1, 0.15) is 46.3 Å². The molecule has 2 aromatic carbocycles. The Bertz CT molecular complexity index is 1400. The van der Waals surface area contributed by atoms with Crippen molar-refractivity contribution >= 4 is 29.2 Å². The summed E-state index contributed by atoms with van der Waals surface area (Å²) in [5, 5.41) is 26.5. The van der Waals surface area contributed by atoms with E-state index in [-0.39, 0.29) is 17.7 Å². The number of alkyl halides is 6. The second-order valence-electron chi connectivity index (χ2n) is 10.1. The van der Waals surface area contributed by atoms with E-state index in [1.165, 1.54) is 4.88 Å². The van der Waals surface area contributed by atoms with Crippen LogP contribution in [0.4, 0.5) is 26.3 Å². The van der Waals surface area contributed by atoms with E-state index >= 15 is 0 Å². The van der Waals surface area contributed by atoms with Gasteiger partial charge in [-0.25, -0.2) is 9.59 Å². The average Bonchev–Trinajstić information content (AvgIpc) is 3.52. The molecule has 0 bridgehead atoms. The molecule has 0 saturated carbocycles. The molecule has 1 saturated heterocycles. The van der Waals surface area contributed by atoms with Crippen LogP contribution >= 0.6 is 11.3 Å². The lowest BCUT2D eigenvalue weighted by atomic mass is 9.95. The second-order valence-corrected chi connectivity index (χ2v) is 11.1. The van der Waals surface area contributed by atoms with Gasteiger partial charge in [-0.2, -0.15) is 26.3 Å². The summed E-state index contributed by atoms with van der Waals surface area (Å²) in [5.41, 5.74) is 2.94. The predicted molar refractivity (Wildman–Crippen MR) is 162 cm³/mol. The second kappa shape index (κ2) is 17.7. The van der Waals surface area contributed by atoms with Crippen LogP contribution in [0, 0.1) is 0 Å². The van der Waals surface area contributed by atoms with Crippen LogP contribution < -0.4 is 0 Å². The highest BCUT2D eigenvalue weighted by Gasteiger charge is 2.39. The summed E-state index contributed by atoms with van der Waals surface area (Å²) >= 11 is 1.81. The minimum absolute atomic E-state index is 0.0404. The molecule has 4 rings (SSSR count). The van der Waals surface area contributed by atoms with E-state index in [2.05, 4.69) is 45.5 Å². The van der Waals surface area contributed by atoms with Crippen LogP contribution in [0.2, 0.25) is 0 Å². The molecule has 2 heterocycles. The Morgan fingerprint density at radius 1 is 0.809 bits per heavy atom. The van der Waals surface area contributed by atoms with Gasteiger partial charge in [0.1, 0.15) is 5.75 Å². The molecule has 1 aliphatic heterocycles. The topological polar surface area (TPSA) is 122 Å². The highest BCUT2D eigenvalue weighted by Crippen LogP contribution is 2.32. The Labute approximate surface area is 271 Å². The minimum atomic E-state index is -5.08. The maximum Gasteiger partial charge on any atom is 0.490 e. The first-order valence-electron chi connectivity index (χ1n) is 14.2. The molecule has 1 aromatic heterocycles. The van der Waals surface area contributed by atoms with Gasteiger partial charge in [0, 0.05) is 56.3 Å². The number of carboxylic acid groups (broad SMARTS) is 2. The van der Waals surface area contributed by atoms with Gasteiger partial charge in [-0.3, -0.25) is 14.6 Å². The van der Waals surface area contributed by atoms with Crippen molar-refractivity contribution in [2.45, 2.75) is 38.8 Å². The molecule has 0 aliphatic carbocycles. The number of phenols is 1. The number of hydrogen-bond acceptors (Lipinski definition) is 7. The van der Waals surface area contributed by atoms with Crippen LogP contribution in [0.5, 0.6) is 5.75 Å². The molecular formula is C31H35F6N3O6S. The number of aromatic hydroxyl groups is 1. The lowest BCUT2D eigenvalue weighted by molar-refractivity contribution is -0.193. The average molecular weight is 692 g/mol. The minimum Gasteiger partial charge on any atom is -0.508 e. The molecule has 9 nitrogen and oxygen atoms in total. The number of hydrogen-bond donors (Lipinski definition) is 3. The Balaban J connectivity index is 0.000000459. The van der Waals surface area contributed by atoms with Crippen LogP contribution in [-0.4, -0.2) is 99.5 Å². The molecular weight excluding hydrogens is 656 g/mol. The first-order valence-corrected chi connectivity index (χ1v) is 15.1. The van der Waals surface area contributed by atoms with Crippen molar-refractivity contribution in [3.63, 3.8) is 0 Å². The smallest absolute Gasteiger partial charge is 0.490 e. The van der Waals surface area contributed by atoms with Crippen molar-refractivity contribution in [1.82, 2.24) is 14.7 Å². The van der Waals surface area contributed by atoms with Crippen molar-refractivity contribution in [1.29, 1.82) is 0 Å². The molecule has 1 atom stereocenters. The Morgan fingerprint density at radius 3 is 1.77 bits per heavy atom. The fraction of sp³-hybridized carbons (Fsp3) is 0.387. The Morgan fingerprint density at radius 2 is 1.34 bits per heavy atom. The van der Waals surface area contributed by atoms with Crippen LogP contribution in [0.25, 0.3) is 0 Å². The summed E-state index contributed by atoms with van der Waals surface area (Å²) in [6.45, 7) is 10.3. The first-order chi connectivity index (χ1) is 22.0. The maximum atomic E-state index is 12.7. The van der Waals surface area contributed by atoms with E-state index in [4.69, 9.17) is 19.8 Å². The van der Waals surface area contributed by atoms with Gasteiger partial charge in [0.2, 0.25) is 0 Å². The normalized spacial score (nSPS) is 14.6. The molecule has 0 spiro atoms. The number of halogens is 6. The first kappa shape index (κ1) is 39.0. The number of rotatable bonds is 8. The zero-order valence-electron chi connectivity index (χ0n) is 25.5. The molecule has 47 heavy (non-hydrogen) atoms. The highest BCUT2D eigenvalue weighted by molar-refractivity contribution is 7.09. The van der Waals surface area contributed by atoms with Gasteiger partial charge in [0.25, 0.3) is 5.91 Å². The highest BCUT2D eigenvalue weighted by atomic mass is 32.1. The van der Waals surface area contributed by atoms with Crippen LogP contribution in [0.3, 0.4) is 0 Å². The maximum absolute atomic E-state index is 12.7. The molecule has 258 valence electrons. The number of benzene rings is 2. The summed E-state index contributed by atoms with van der Waals surface area (Å²) in [6, 6.07) is 19.9. The quantitative estimate of drug-likeness (QED) is 0.242. The van der Waals surface area contributed by atoms with Gasteiger partial charge in [-0.05, 0) is 60.7 Å². The number of nitrogens with zero attached hydrogens (tertiary/aromatic N) is 3. The van der Waals surface area contributed by atoms with E-state index in [0.717, 1.165) is 49.4 Å². The number of piperazine rings is 1. The van der Waals surface area contributed by atoms with E-state index in [9.17, 15) is 36.2 Å². The fourth-order valence-corrected chi connectivity index (χ4v) is 5.36. The van der Waals surface area contributed by atoms with Gasteiger partial charge in [0.15, 0.2) is 0 Å². The number of carbonyl (C=O) groups excluding carboxylic acids is 1. The summed E-state index contributed by atoms with van der Waals surface area (Å²) < 4.78 is 63.5. The standard InChI is InChI=1S/C27H33N3O2S.2C2HF3O2/c1-3-29(4-2)27(32)22-12-10-21(11-13-22)26(23-7-5-8-24(31)19-23)30-16-14-28(15-17-30)20-25-9-6-18-33-25;2*3-2(4,5)1(6)7/h5-13,18-19,26,31H,3-4,14-17,20H2,1-2H3;2*(H,6,7). The van der Waals surface area contributed by atoms with Gasteiger partial charge >= 0.3 is 24.3 Å². The zero-order valence-corrected chi connectivity index (χ0v) is 26.3. The number of carboxylic acids is 2. The molecule has 1 fully saturated rings. The van der Waals surface area contributed by atoms with E-state index < -0.39 is 24.3 Å². The number of thiophene rings is 1. The molecule has 3 aromatic rings. The van der Waals surface area contributed by atoms with Crippen molar-refractivity contribution in [3.8, 4) is 5.75 Å². The third-order valence-corrected chi connectivity index (χ3v) is 7.79. The third kappa shape index (κ3) is 12.5. The van der Waals surface area contributed by atoms with Crippen LogP contribution in [-0.2, 0) is 16.1 Å². The van der Waals surface area contributed by atoms with Gasteiger partial charge in [-0.15, -0.1) is 11.3 Å². The molecule has 16 heteroatoms. The third-order valence-electron chi connectivity index (χ3n) is 6.93. The molecule has 3 N–H and O–H groups in total. The van der Waals surface area contributed by atoms with Crippen molar-refractivity contribution in [3.05, 3.63) is 87.6 Å². The van der Waals surface area contributed by atoms with Crippen molar-refractivity contribution < 1.29 is 56.0 Å². The number of aliphatic carboxylic acids is 2. The van der Waals surface area contributed by atoms with E-state index in [1.807, 2.05) is 54.3 Å². The Kier molecular flexibility index (Phi) is 14.7. The van der Waals surface area contributed by atoms with Crippen LogP contribution in [0.15, 0.2) is 66.0 Å². The lowest BCUT2D eigenvalue weighted by Crippen LogP contribution is -2.47. The SMILES string of the molecule is CCN(CC)C(=O)c1ccc(C(c2cccc(O)c2)N2CCN(Cc3cccs3)CC2)cc1.O=C(O)C(F)(F)F.O=C(O)C(F)(F)F. The summed E-state index contributed by atoms with van der Waals surface area (Å²) in [4.78, 5) is 38.8. The molecule has 1 amide bonds. The lowest BCUT2D eigenvalue weighted by Gasteiger charge is -2.39. The molecule has 1 unspecified atom stereocenters. The number of carbonyl (C=O) groups is 3. The summed E-state index contributed by atoms with van der Waals surface area (Å²) in [5.74, 6) is -5.16. The van der Waals surface area contributed by atoms with Crippen molar-refractivity contribution in [2.75, 3.05) is 39.3 Å². The largest absolute Gasteiger partial charge is 0.508 e. The predicted octanol–water partition coefficient (Wildman–Crippen LogP) is 6.11. The van der Waals surface area contributed by atoms with Gasteiger partial charge in [0.05, 0.1) is 6.04 Å². The monoisotopic (exact) mass is 691 g/mol.